The van der Waals surface area contributed by atoms with E-state index >= 15 is 0 Å². The minimum absolute atomic E-state index is 0.0536. The molecule has 3 aromatic rings. The highest BCUT2D eigenvalue weighted by Crippen LogP contribution is 2.24. The summed E-state index contributed by atoms with van der Waals surface area (Å²) in [6.07, 6.45) is 3.02. The number of aromatic nitrogens is 2. The molecule has 0 saturated carbocycles. The molecule has 0 fully saturated rings. The second kappa shape index (κ2) is 7.39. The van der Waals surface area contributed by atoms with Gasteiger partial charge < -0.3 is 10.3 Å². The first-order valence-electron chi connectivity index (χ1n) is 7.63. The van der Waals surface area contributed by atoms with Gasteiger partial charge in [0.05, 0.1) is 17.1 Å². The number of para-hydroxylation sites is 2. The molecule has 0 saturated heterocycles. The minimum Gasteiger partial charge on any atom is -0.322 e. The Morgan fingerprint density at radius 1 is 1.17 bits per heavy atom. The van der Waals surface area contributed by atoms with Crippen LogP contribution in [-0.4, -0.2) is 21.6 Å². The number of nitrogens with zero attached hydrogens (tertiary/aromatic N) is 2. The maximum absolute atomic E-state index is 6.41. The van der Waals surface area contributed by atoms with E-state index in [1.54, 1.807) is 0 Å². The van der Waals surface area contributed by atoms with Crippen LogP contribution in [0.25, 0.3) is 11.0 Å². The molecule has 1 atom stereocenters. The van der Waals surface area contributed by atoms with Gasteiger partial charge in [-0.3, -0.25) is 0 Å². The Labute approximate surface area is 145 Å². The Morgan fingerprint density at radius 3 is 2.65 bits per heavy atom. The zero-order valence-corrected chi connectivity index (χ0v) is 14.6. The van der Waals surface area contributed by atoms with Gasteiger partial charge in [-0.2, -0.15) is 11.8 Å². The molecule has 0 spiro atoms. The number of hydrogen-bond acceptors (Lipinski definition) is 3. The lowest BCUT2D eigenvalue weighted by molar-refractivity contribution is 0.609. The van der Waals surface area contributed by atoms with Gasteiger partial charge in [0.25, 0.3) is 0 Å². The van der Waals surface area contributed by atoms with E-state index in [1.807, 2.05) is 54.2 Å². The number of rotatable bonds is 6. The standard InChI is InChI=1S/C18H20ClN3S/c1-23-11-10-15(20)18-21-16-4-2-3-5-17(16)22(18)12-13-6-8-14(19)9-7-13/h2-9,15H,10-12,20H2,1H3. The Bertz CT molecular complexity index is 783. The first-order chi connectivity index (χ1) is 11.2. The van der Waals surface area contributed by atoms with E-state index in [-0.39, 0.29) is 6.04 Å². The van der Waals surface area contributed by atoms with Gasteiger partial charge in [-0.1, -0.05) is 35.9 Å². The van der Waals surface area contributed by atoms with Crippen molar-refractivity contribution in [3.05, 3.63) is 64.9 Å². The van der Waals surface area contributed by atoms with Gasteiger partial charge >= 0.3 is 0 Å². The van der Waals surface area contributed by atoms with Crippen LogP contribution in [0.1, 0.15) is 23.9 Å². The predicted molar refractivity (Wildman–Crippen MR) is 100 cm³/mol. The van der Waals surface area contributed by atoms with Crippen molar-refractivity contribution in [2.24, 2.45) is 5.73 Å². The van der Waals surface area contributed by atoms with Crippen molar-refractivity contribution in [3.63, 3.8) is 0 Å². The SMILES string of the molecule is CSCCC(N)c1nc2ccccc2n1Cc1ccc(Cl)cc1. The second-order valence-corrected chi connectivity index (χ2v) is 6.98. The number of halogens is 1. The van der Waals surface area contributed by atoms with Gasteiger partial charge in [0.15, 0.2) is 0 Å². The van der Waals surface area contributed by atoms with Gasteiger partial charge in [0.1, 0.15) is 5.82 Å². The first-order valence-corrected chi connectivity index (χ1v) is 9.40. The Morgan fingerprint density at radius 2 is 1.91 bits per heavy atom. The van der Waals surface area contributed by atoms with Crippen LogP contribution in [0.3, 0.4) is 0 Å². The molecule has 0 aliphatic carbocycles. The molecule has 23 heavy (non-hydrogen) atoms. The highest BCUT2D eigenvalue weighted by Gasteiger charge is 2.16. The van der Waals surface area contributed by atoms with Crippen LogP contribution >= 0.6 is 23.4 Å². The fourth-order valence-corrected chi connectivity index (χ4v) is 3.31. The van der Waals surface area contributed by atoms with Crippen molar-refractivity contribution in [2.45, 2.75) is 19.0 Å². The normalized spacial score (nSPS) is 12.7. The summed E-state index contributed by atoms with van der Waals surface area (Å²) in [5.74, 6) is 1.99. The number of nitrogens with two attached hydrogens (primary N) is 1. The lowest BCUT2D eigenvalue weighted by Crippen LogP contribution is -2.18. The van der Waals surface area contributed by atoms with Gasteiger partial charge in [-0.05, 0) is 48.3 Å². The highest BCUT2D eigenvalue weighted by molar-refractivity contribution is 7.98. The molecule has 5 heteroatoms. The van der Waals surface area contributed by atoms with Crippen LogP contribution in [0.2, 0.25) is 5.02 Å². The van der Waals surface area contributed by atoms with Crippen molar-refractivity contribution < 1.29 is 0 Å². The third-order valence-electron chi connectivity index (χ3n) is 3.90. The van der Waals surface area contributed by atoms with Gasteiger partial charge in [-0.25, -0.2) is 4.98 Å². The zero-order valence-electron chi connectivity index (χ0n) is 13.1. The van der Waals surface area contributed by atoms with E-state index in [4.69, 9.17) is 22.3 Å². The minimum atomic E-state index is -0.0536. The number of imidazole rings is 1. The average molecular weight is 346 g/mol. The molecular weight excluding hydrogens is 326 g/mol. The summed E-state index contributed by atoms with van der Waals surface area (Å²) in [6, 6.07) is 16.1. The molecule has 2 N–H and O–H groups in total. The lowest BCUT2D eigenvalue weighted by Gasteiger charge is -2.14. The molecule has 0 bridgehead atoms. The molecule has 3 rings (SSSR count). The van der Waals surface area contributed by atoms with Crippen LogP contribution in [0, 0.1) is 0 Å². The van der Waals surface area contributed by atoms with E-state index in [1.165, 1.54) is 5.56 Å². The molecule has 2 aromatic carbocycles. The van der Waals surface area contributed by atoms with Crippen LogP contribution < -0.4 is 5.73 Å². The fraction of sp³-hybridized carbons (Fsp3) is 0.278. The summed E-state index contributed by atoms with van der Waals surface area (Å²) >= 11 is 7.80. The van der Waals surface area contributed by atoms with Crippen LogP contribution in [0.4, 0.5) is 0 Å². The number of hydrogen-bond donors (Lipinski definition) is 1. The smallest absolute Gasteiger partial charge is 0.127 e. The van der Waals surface area contributed by atoms with E-state index in [9.17, 15) is 0 Å². The molecular formula is C18H20ClN3S. The molecule has 1 heterocycles. The van der Waals surface area contributed by atoms with E-state index in [0.717, 1.165) is 40.6 Å². The number of benzene rings is 2. The van der Waals surface area contributed by atoms with Crippen molar-refractivity contribution >= 4 is 34.4 Å². The van der Waals surface area contributed by atoms with E-state index in [2.05, 4.69) is 16.9 Å². The lowest BCUT2D eigenvalue weighted by atomic mass is 10.2. The molecule has 120 valence electrons. The predicted octanol–water partition coefficient (Wildman–Crippen LogP) is 4.49. The molecule has 0 radical (unpaired) electrons. The molecule has 0 amide bonds. The Hall–Kier alpha value is -1.49. The quantitative estimate of drug-likeness (QED) is 0.715. The van der Waals surface area contributed by atoms with E-state index in [0.29, 0.717) is 0 Å². The first kappa shape index (κ1) is 16.4. The molecule has 3 nitrogen and oxygen atoms in total. The van der Waals surface area contributed by atoms with Crippen LogP contribution in [0.5, 0.6) is 0 Å². The van der Waals surface area contributed by atoms with Gasteiger partial charge in [0, 0.05) is 11.6 Å². The Balaban J connectivity index is 2.00. The van der Waals surface area contributed by atoms with Crippen LogP contribution in [0.15, 0.2) is 48.5 Å². The summed E-state index contributed by atoms with van der Waals surface area (Å²) < 4.78 is 2.23. The topological polar surface area (TPSA) is 43.8 Å². The number of thioether (sulfide) groups is 1. The molecule has 0 aliphatic heterocycles. The molecule has 0 aliphatic rings. The number of fused-ring (bicyclic) bond motifs is 1. The van der Waals surface area contributed by atoms with Crippen molar-refractivity contribution in [2.75, 3.05) is 12.0 Å². The maximum Gasteiger partial charge on any atom is 0.127 e. The average Bonchev–Trinajstić information content (AvgIpc) is 2.93. The van der Waals surface area contributed by atoms with E-state index < -0.39 is 0 Å². The fourth-order valence-electron chi connectivity index (χ4n) is 2.69. The summed E-state index contributed by atoms with van der Waals surface area (Å²) in [6.45, 7) is 0.750. The summed E-state index contributed by atoms with van der Waals surface area (Å²) in [5.41, 5.74) is 9.71. The van der Waals surface area contributed by atoms with Crippen molar-refractivity contribution in [3.8, 4) is 0 Å². The van der Waals surface area contributed by atoms with Crippen molar-refractivity contribution in [1.82, 2.24) is 9.55 Å². The third kappa shape index (κ3) is 3.71. The zero-order chi connectivity index (χ0) is 16.2. The molecule has 1 aromatic heterocycles. The monoisotopic (exact) mass is 345 g/mol. The second-order valence-electron chi connectivity index (χ2n) is 5.56. The molecule has 1 unspecified atom stereocenters. The third-order valence-corrected chi connectivity index (χ3v) is 4.80. The highest BCUT2D eigenvalue weighted by atomic mass is 35.5. The van der Waals surface area contributed by atoms with Gasteiger partial charge in [-0.15, -0.1) is 0 Å². The largest absolute Gasteiger partial charge is 0.322 e. The summed E-state index contributed by atoms with van der Waals surface area (Å²) in [4.78, 5) is 4.78. The Kier molecular flexibility index (Phi) is 5.26. The van der Waals surface area contributed by atoms with Crippen LogP contribution in [-0.2, 0) is 6.54 Å². The van der Waals surface area contributed by atoms with Gasteiger partial charge in [0.2, 0.25) is 0 Å². The summed E-state index contributed by atoms with van der Waals surface area (Å²) in [7, 11) is 0. The van der Waals surface area contributed by atoms with Crippen molar-refractivity contribution in [1.29, 1.82) is 0 Å². The summed E-state index contributed by atoms with van der Waals surface area (Å²) in [5, 5.41) is 0.751. The maximum atomic E-state index is 6.41.